The van der Waals surface area contributed by atoms with Crippen molar-refractivity contribution in [1.82, 2.24) is 4.90 Å². The minimum Gasteiger partial charge on any atom is -0.303 e. The lowest BCUT2D eigenvalue weighted by atomic mass is 10.3. The van der Waals surface area contributed by atoms with Crippen LogP contribution in [0.25, 0.3) is 0 Å². The molecule has 0 N–H and O–H groups in total. The van der Waals surface area contributed by atoms with Gasteiger partial charge in [0.05, 0.1) is 0 Å². The second kappa shape index (κ2) is 5.21. The van der Waals surface area contributed by atoms with Crippen LogP contribution in [0, 0.1) is 11.8 Å². The van der Waals surface area contributed by atoms with Crippen molar-refractivity contribution in [3.05, 3.63) is 0 Å². The number of rotatable bonds is 3. The first-order chi connectivity index (χ1) is 5.43. The Balaban J connectivity index is 1.96. The molecule has 0 saturated carbocycles. The summed E-state index contributed by atoms with van der Waals surface area (Å²) in [5, 5.41) is 0. The van der Waals surface area contributed by atoms with Crippen molar-refractivity contribution in [2.24, 2.45) is 0 Å². The second-order valence-electron chi connectivity index (χ2n) is 3.08. The van der Waals surface area contributed by atoms with E-state index in [1.165, 1.54) is 38.9 Å². The molecule has 1 heteroatoms. The molecule has 11 heavy (non-hydrogen) atoms. The topological polar surface area (TPSA) is 3.24 Å². The maximum Gasteiger partial charge on any atom is 0.0101 e. The first-order valence-corrected chi connectivity index (χ1v) is 4.55. The predicted molar refractivity (Wildman–Crippen MR) is 48.4 cm³/mol. The molecule has 0 aromatic carbocycles. The predicted octanol–water partition coefficient (Wildman–Crippen LogP) is 1.89. The molecule has 1 aliphatic heterocycles. The lowest BCUT2D eigenvalue weighted by molar-refractivity contribution is 0.335. The summed E-state index contributed by atoms with van der Waals surface area (Å²) in [5.74, 6) is 6.02. The molecule has 0 aromatic rings. The van der Waals surface area contributed by atoms with Crippen molar-refractivity contribution in [3.8, 4) is 11.8 Å². The van der Waals surface area contributed by atoms with E-state index in [0.717, 1.165) is 6.42 Å². The number of unbranched alkanes of at least 4 members (excludes halogenated alkanes) is 1. The Morgan fingerprint density at radius 1 is 1.27 bits per heavy atom. The van der Waals surface area contributed by atoms with E-state index in [1.54, 1.807) is 0 Å². The van der Waals surface area contributed by atoms with Crippen LogP contribution in [0.5, 0.6) is 0 Å². The Hall–Kier alpha value is -0.480. The first kappa shape index (κ1) is 8.62. The fourth-order valence-electron chi connectivity index (χ4n) is 1.52. The summed E-state index contributed by atoms with van der Waals surface area (Å²) in [6, 6.07) is 0. The SMILES string of the molecule is CC#CCCCN1CCCC1. The van der Waals surface area contributed by atoms with Gasteiger partial charge in [-0.15, -0.1) is 11.8 Å². The molecule has 0 amide bonds. The van der Waals surface area contributed by atoms with Gasteiger partial charge in [0.15, 0.2) is 0 Å². The van der Waals surface area contributed by atoms with Crippen molar-refractivity contribution < 1.29 is 0 Å². The van der Waals surface area contributed by atoms with Crippen molar-refractivity contribution in [2.45, 2.75) is 32.6 Å². The number of hydrogen-bond acceptors (Lipinski definition) is 1. The summed E-state index contributed by atoms with van der Waals surface area (Å²) in [5.41, 5.74) is 0. The summed E-state index contributed by atoms with van der Waals surface area (Å²) in [6.07, 6.45) is 5.13. The zero-order chi connectivity index (χ0) is 7.94. The van der Waals surface area contributed by atoms with Gasteiger partial charge in [-0.2, -0.15) is 0 Å². The van der Waals surface area contributed by atoms with Crippen LogP contribution >= 0.6 is 0 Å². The molecule has 1 aliphatic rings. The van der Waals surface area contributed by atoms with E-state index in [2.05, 4.69) is 16.7 Å². The lowest BCUT2D eigenvalue weighted by Gasteiger charge is -2.12. The summed E-state index contributed by atoms with van der Waals surface area (Å²) in [7, 11) is 0. The van der Waals surface area contributed by atoms with E-state index in [4.69, 9.17) is 0 Å². The fourth-order valence-corrected chi connectivity index (χ4v) is 1.52. The van der Waals surface area contributed by atoms with Crippen molar-refractivity contribution >= 4 is 0 Å². The maximum atomic E-state index is 3.10. The van der Waals surface area contributed by atoms with Crippen LogP contribution < -0.4 is 0 Å². The largest absolute Gasteiger partial charge is 0.303 e. The molecule has 0 spiro atoms. The van der Waals surface area contributed by atoms with E-state index in [9.17, 15) is 0 Å². The fraction of sp³-hybridized carbons (Fsp3) is 0.800. The summed E-state index contributed by atoms with van der Waals surface area (Å²) in [6.45, 7) is 5.81. The summed E-state index contributed by atoms with van der Waals surface area (Å²) in [4.78, 5) is 2.54. The second-order valence-corrected chi connectivity index (χ2v) is 3.08. The van der Waals surface area contributed by atoms with Crippen LogP contribution in [-0.2, 0) is 0 Å². The molecule has 0 radical (unpaired) electrons. The highest BCUT2D eigenvalue weighted by Gasteiger charge is 2.09. The molecular weight excluding hydrogens is 134 g/mol. The van der Waals surface area contributed by atoms with Gasteiger partial charge in [-0.25, -0.2) is 0 Å². The van der Waals surface area contributed by atoms with Gasteiger partial charge in [0, 0.05) is 6.42 Å². The smallest absolute Gasteiger partial charge is 0.0101 e. The average Bonchev–Trinajstić information content (AvgIpc) is 2.50. The highest BCUT2D eigenvalue weighted by atomic mass is 15.1. The first-order valence-electron chi connectivity index (χ1n) is 4.55. The highest BCUT2D eigenvalue weighted by molar-refractivity contribution is 4.94. The number of nitrogens with zero attached hydrogens (tertiary/aromatic N) is 1. The number of likely N-dealkylation sites (tertiary alicyclic amines) is 1. The van der Waals surface area contributed by atoms with Crippen molar-refractivity contribution in [2.75, 3.05) is 19.6 Å². The van der Waals surface area contributed by atoms with E-state index >= 15 is 0 Å². The molecule has 0 aromatic heterocycles. The maximum absolute atomic E-state index is 3.10. The zero-order valence-corrected chi connectivity index (χ0v) is 7.40. The van der Waals surface area contributed by atoms with Crippen LogP contribution in [0.4, 0.5) is 0 Å². The van der Waals surface area contributed by atoms with Gasteiger partial charge in [-0.3, -0.25) is 0 Å². The molecule has 1 nitrogen and oxygen atoms in total. The average molecular weight is 151 g/mol. The van der Waals surface area contributed by atoms with Gasteiger partial charge in [-0.05, 0) is 45.8 Å². The molecule has 1 heterocycles. The third-order valence-electron chi connectivity index (χ3n) is 2.15. The van der Waals surface area contributed by atoms with Crippen LogP contribution in [0.3, 0.4) is 0 Å². The van der Waals surface area contributed by atoms with Gasteiger partial charge in [0.2, 0.25) is 0 Å². The normalized spacial score (nSPS) is 17.9. The minimum atomic E-state index is 1.08. The van der Waals surface area contributed by atoms with E-state index < -0.39 is 0 Å². The standard InChI is InChI=1S/C10H17N/c1-2-3-4-5-8-11-9-6-7-10-11/h4-10H2,1H3. The third-order valence-corrected chi connectivity index (χ3v) is 2.15. The Labute approximate surface area is 69.8 Å². The van der Waals surface area contributed by atoms with E-state index in [-0.39, 0.29) is 0 Å². The van der Waals surface area contributed by atoms with Crippen LogP contribution in [-0.4, -0.2) is 24.5 Å². The molecule has 1 saturated heterocycles. The molecule has 0 atom stereocenters. The van der Waals surface area contributed by atoms with Crippen LogP contribution in [0.2, 0.25) is 0 Å². The van der Waals surface area contributed by atoms with Gasteiger partial charge in [0.25, 0.3) is 0 Å². The van der Waals surface area contributed by atoms with Gasteiger partial charge in [-0.1, -0.05) is 0 Å². The highest BCUT2D eigenvalue weighted by Crippen LogP contribution is 2.07. The van der Waals surface area contributed by atoms with Crippen molar-refractivity contribution in [1.29, 1.82) is 0 Å². The number of hydrogen-bond donors (Lipinski definition) is 0. The summed E-state index contributed by atoms with van der Waals surface area (Å²) < 4.78 is 0. The monoisotopic (exact) mass is 151 g/mol. The molecule has 1 fully saturated rings. The van der Waals surface area contributed by atoms with E-state index in [0.29, 0.717) is 0 Å². The minimum absolute atomic E-state index is 1.08. The third kappa shape index (κ3) is 3.43. The van der Waals surface area contributed by atoms with Gasteiger partial charge in [0.1, 0.15) is 0 Å². The molecule has 0 aliphatic carbocycles. The molecule has 0 unspecified atom stereocenters. The molecular formula is C10H17N. The van der Waals surface area contributed by atoms with Crippen molar-refractivity contribution in [3.63, 3.8) is 0 Å². The van der Waals surface area contributed by atoms with Crippen LogP contribution in [0.1, 0.15) is 32.6 Å². The quantitative estimate of drug-likeness (QED) is 0.440. The van der Waals surface area contributed by atoms with Gasteiger partial charge >= 0.3 is 0 Å². The summed E-state index contributed by atoms with van der Waals surface area (Å²) >= 11 is 0. The Morgan fingerprint density at radius 3 is 2.64 bits per heavy atom. The molecule has 62 valence electrons. The Kier molecular flexibility index (Phi) is 4.08. The van der Waals surface area contributed by atoms with Crippen LogP contribution in [0.15, 0.2) is 0 Å². The lowest BCUT2D eigenvalue weighted by Crippen LogP contribution is -2.20. The zero-order valence-electron chi connectivity index (χ0n) is 7.40. The molecule has 1 rings (SSSR count). The van der Waals surface area contributed by atoms with E-state index in [1.807, 2.05) is 6.92 Å². The molecule has 0 bridgehead atoms. The van der Waals surface area contributed by atoms with Gasteiger partial charge < -0.3 is 4.90 Å². The Bertz CT molecular complexity index is 146. The Morgan fingerprint density at radius 2 is 2.00 bits per heavy atom.